The first-order chi connectivity index (χ1) is 17.7. The molecule has 190 valence electrons. The lowest BCUT2D eigenvalue weighted by Gasteiger charge is -2.42. The summed E-state index contributed by atoms with van der Waals surface area (Å²) in [5, 5.41) is 7.17. The predicted octanol–water partition coefficient (Wildman–Crippen LogP) is 6.00. The molecule has 2 aromatic carbocycles. The van der Waals surface area contributed by atoms with Gasteiger partial charge in [0.2, 0.25) is 11.8 Å². The molecule has 0 aromatic heterocycles. The molecule has 36 heavy (non-hydrogen) atoms. The molecule has 2 aromatic rings. The molecule has 5 atom stereocenters. The van der Waals surface area contributed by atoms with Crippen LogP contribution < -0.4 is 10.6 Å². The van der Waals surface area contributed by atoms with Crippen molar-refractivity contribution in [2.75, 3.05) is 11.9 Å². The highest BCUT2D eigenvalue weighted by Gasteiger charge is 2.48. The Labute approximate surface area is 215 Å². The minimum absolute atomic E-state index is 0.0263. The van der Waals surface area contributed by atoms with Gasteiger partial charge in [-0.15, -0.1) is 0 Å². The molecule has 2 heterocycles. The zero-order chi connectivity index (χ0) is 24.5. The van der Waals surface area contributed by atoms with E-state index < -0.39 is 0 Å². The summed E-state index contributed by atoms with van der Waals surface area (Å²) >= 11 is 0. The van der Waals surface area contributed by atoms with Crippen molar-refractivity contribution in [2.24, 2.45) is 17.8 Å². The molecule has 0 bridgehead atoms. The molecule has 4 aliphatic rings. The maximum absolute atomic E-state index is 14.2. The SMILES string of the molecule is O=C(N[C@@H]1CCCC[C@@H]1C(=O)N1CC[C@H]2[C@H](c3ccccc3)Nc3ccccc3[C@@H]21)C1CCCCC1. The number of nitrogens with one attached hydrogen (secondary N) is 2. The maximum Gasteiger partial charge on any atom is 0.228 e. The fourth-order valence-electron chi connectivity index (χ4n) is 7.44. The minimum Gasteiger partial charge on any atom is -0.378 e. The number of benzene rings is 2. The number of para-hydroxylation sites is 1. The van der Waals surface area contributed by atoms with Gasteiger partial charge in [0.05, 0.1) is 18.0 Å². The zero-order valence-corrected chi connectivity index (χ0v) is 21.2. The van der Waals surface area contributed by atoms with Crippen molar-refractivity contribution in [3.8, 4) is 0 Å². The Bertz CT molecular complexity index is 1080. The van der Waals surface area contributed by atoms with Crippen LogP contribution in [0.25, 0.3) is 0 Å². The van der Waals surface area contributed by atoms with Crippen LogP contribution in [0.3, 0.4) is 0 Å². The number of carbonyl (C=O) groups excluding carboxylic acids is 2. The molecule has 0 unspecified atom stereocenters. The monoisotopic (exact) mass is 485 g/mol. The van der Waals surface area contributed by atoms with E-state index in [1.807, 2.05) is 0 Å². The summed E-state index contributed by atoms with van der Waals surface area (Å²) in [6.45, 7) is 0.785. The quantitative estimate of drug-likeness (QED) is 0.558. The molecular formula is C31H39N3O2. The van der Waals surface area contributed by atoms with Gasteiger partial charge in [-0.3, -0.25) is 9.59 Å². The van der Waals surface area contributed by atoms with E-state index in [1.165, 1.54) is 17.5 Å². The molecule has 2 aliphatic carbocycles. The van der Waals surface area contributed by atoms with Crippen molar-refractivity contribution in [1.82, 2.24) is 10.2 Å². The fourth-order valence-corrected chi connectivity index (χ4v) is 7.44. The lowest BCUT2D eigenvalue weighted by atomic mass is 9.79. The molecule has 2 saturated carbocycles. The van der Waals surface area contributed by atoms with Crippen molar-refractivity contribution < 1.29 is 9.59 Å². The van der Waals surface area contributed by atoms with Gasteiger partial charge in [-0.25, -0.2) is 0 Å². The van der Waals surface area contributed by atoms with Gasteiger partial charge in [0.15, 0.2) is 0 Å². The van der Waals surface area contributed by atoms with Gasteiger partial charge < -0.3 is 15.5 Å². The number of amides is 2. The third kappa shape index (κ3) is 4.42. The van der Waals surface area contributed by atoms with E-state index in [0.29, 0.717) is 5.92 Å². The first-order valence-electron chi connectivity index (χ1n) is 14.2. The summed E-state index contributed by atoms with van der Waals surface area (Å²) in [6, 6.07) is 19.4. The topological polar surface area (TPSA) is 61.4 Å². The Morgan fingerprint density at radius 1 is 0.806 bits per heavy atom. The van der Waals surface area contributed by atoms with Crippen molar-refractivity contribution >= 4 is 17.5 Å². The maximum atomic E-state index is 14.2. The van der Waals surface area contributed by atoms with Gasteiger partial charge in [-0.2, -0.15) is 0 Å². The van der Waals surface area contributed by atoms with E-state index in [1.54, 1.807) is 0 Å². The lowest BCUT2D eigenvalue weighted by Crippen LogP contribution is -2.51. The van der Waals surface area contributed by atoms with E-state index in [9.17, 15) is 9.59 Å². The van der Waals surface area contributed by atoms with Gasteiger partial charge in [-0.1, -0.05) is 80.6 Å². The Morgan fingerprint density at radius 3 is 2.36 bits per heavy atom. The molecule has 0 radical (unpaired) electrons. The van der Waals surface area contributed by atoms with Crippen molar-refractivity contribution in [3.63, 3.8) is 0 Å². The number of likely N-dealkylation sites (tertiary alicyclic amines) is 1. The summed E-state index contributed by atoms with van der Waals surface area (Å²) in [6.07, 6.45) is 10.5. The fraction of sp³-hybridized carbons (Fsp3) is 0.548. The summed E-state index contributed by atoms with van der Waals surface area (Å²) < 4.78 is 0. The van der Waals surface area contributed by atoms with E-state index in [-0.39, 0.29) is 41.8 Å². The third-order valence-corrected chi connectivity index (χ3v) is 9.29. The number of rotatable bonds is 4. The van der Waals surface area contributed by atoms with E-state index >= 15 is 0 Å². The van der Waals surface area contributed by atoms with Crippen LogP contribution >= 0.6 is 0 Å². The summed E-state index contributed by atoms with van der Waals surface area (Å²) in [5.41, 5.74) is 3.66. The summed E-state index contributed by atoms with van der Waals surface area (Å²) in [4.78, 5) is 29.5. The van der Waals surface area contributed by atoms with Crippen LogP contribution in [0.15, 0.2) is 54.6 Å². The number of carbonyl (C=O) groups is 2. The Hall–Kier alpha value is -2.82. The van der Waals surface area contributed by atoms with E-state index in [4.69, 9.17) is 0 Å². The third-order valence-electron chi connectivity index (χ3n) is 9.29. The highest BCUT2D eigenvalue weighted by atomic mass is 16.2. The zero-order valence-electron chi connectivity index (χ0n) is 21.2. The second-order valence-electron chi connectivity index (χ2n) is 11.4. The molecule has 2 N–H and O–H groups in total. The molecule has 5 heteroatoms. The average Bonchev–Trinajstić information content (AvgIpc) is 3.39. The van der Waals surface area contributed by atoms with Crippen LogP contribution in [0.4, 0.5) is 5.69 Å². The largest absolute Gasteiger partial charge is 0.378 e. The van der Waals surface area contributed by atoms with E-state index in [0.717, 1.165) is 70.0 Å². The standard InChI is InChI=1S/C31H39N3O2/c35-30(22-13-5-2-6-14-22)33-27-18-10-8-16-24(27)31(36)34-20-19-25-28(21-11-3-1-4-12-21)32-26-17-9-7-15-23(26)29(25)34/h1,3-4,7,9,11-12,15,17,22,24-25,27-29,32H,2,5-6,8,10,13-14,16,18-20H2,(H,33,35)/t24-,25-,27+,28-,29-/m0/s1. The van der Waals surface area contributed by atoms with Gasteiger partial charge >= 0.3 is 0 Å². The lowest BCUT2D eigenvalue weighted by molar-refractivity contribution is -0.140. The van der Waals surface area contributed by atoms with Crippen LogP contribution in [-0.2, 0) is 9.59 Å². The number of anilines is 1. The first-order valence-corrected chi connectivity index (χ1v) is 14.2. The molecule has 3 fully saturated rings. The Kier molecular flexibility index (Phi) is 6.73. The highest BCUT2D eigenvalue weighted by Crippen LogP contribution is 2.51. The van der Waals surface area contributed by atoms with Gasteiger partial charge in [-0.05, 0) is 49.3 Å². The normalized spacial score (nSPS) is 30.1. The van der Waals surface area contributed by atoms with Crippen molar-refractivity contribution in [1.29, 1.82) is 0 Å². The van der Waals surface area contributed by atoms with Gasteiger partial charge in [0.1, 0.15) is 0 Å². The van der Waals surface area contributed by atoms with Crippen molar-refractivity contribution in [2.45, 2.75) is 82.3 Å². The first kappa shape index (κ1) is 23.6. The molecule has 1 saturated heterocycles. The molecular weight excluding hydrogens is 446 g/mol. The smallest absolute Gasteiger partial charge is 0.228 e. The molecule has 2 amide bonds. The molecule has 2 aliphatic heterocycles. The predicted molar refractivity (Wildman–Crippen MR) is 142 cm³/mol. The molecule has 5 nitrogen and oxygen atoms in total. The minimum atomic E-state index is -0.109. The number of nitrogens with zero attached hydrogens (tertiary/aromatic N) is 1. The van der Waals surface area contributed by atoms with Gasteiger partial charge in [0, 0.05) is 30.1 Å². The van der Waals surface area contributed by atoms with Crippen LogP contribution in [0, 0.1) is 17.8 Å². The summed E-state index contributed by atoms with van der Waals surface area (Å²) in [7, 11) is 0. The van der Waals surface area contributed by atoms with Crippen LogP contribution in [0.5, 0.6) is 0 Å². The number of hydrogen-bond acceptors (Lipinski definition) is 3. The van der Waals surface area contributed by atoms with Crippen LogP contribution in [-0.4, -0.2) is 29.3 Å². The second-order valence-corrected chi connectivity index (χ2v) is 11.4. The summed E-state index contributed by atoms with van der Waals surface area (Å²) in [5.74, 6) is 0.803. The number of fused-ring (bicyclic) bond motifs is 3. The van der Waals surface area contributed by atoms with E-state index in [2.05, 4.69) is 70.1 Å². The molecule has 6 rings (SSSR count). The Balaban J connectivity index is 1.25. The Morgan fingerprint density at radius 2 is 1.53 bits per heavy atom. The number of hydrogen-bond donors (Lipinski definition) is 2. The van der Waals surface area contributed by atoms with Gasteiger partial charge in [0.25, 0.3) is 0 Å². The molecule has 0 spiro atoms. The van der Waals surface area contributed by atoms with Crippen molar-refractivity contribution in [3.05, 3.63) is 65.7 Å². The average molecular weight is 486 g/mol. The second kappa shape index (κ2) is 10.3. The van der Waals surface area contributed by atoms with Crippen LogP contribution in [0.1, 0.15) is 87.4 Å². The highest BCUT2D eigenvalue weighted by molar-refractivity contribution is 5.84. The van der Waals surface area contributed by atoms with Crippen LogP contribution in [0.2, 0.25) is 0 Å².